The molecule has 88 valence electrons. The Kier molecular flexibility index (Phi) is 3.41. The van der Waals surface area contributed by atoms with Crippen LogP contribution in [-0.4, -0.2) is 30.3 Å². The van der Waals surface area contributed by atoms with E-state index < -0.39 is 0 Å². The van der Waals surface area contributed by atoms with Crippen molar-refractivity contribution in [1.82, 2.24) is 4.98 Å². The van der Waals surface area contributed by atoms with Crippen molar-refractivity contribution < 1.29 is 4.74 Å². The Morgan fingerprint density at radius 1 is 1.38 bits per heavy atom. The smallest absolute Gasteiger partial charge is 0.0726 e. The highest BCUT2D eigenvalue weighted by atomic mass is 16.5. The molecule has 0 unspecified atom stereocenters. The van der Waals surface area contributed by atoms with E-state index in [2.05, 4.69) is 29.8 Å². The van der Waals surface area contributed by atoms with Crippen LogP contribution in [0.15, 0.2) is 18.3 Å². The summed E-state index contributed by atoms with van der Waals surface area (Å²) in [6, 6.07) is 4.07. The van der Waals surface area contributed by atoms with Crippen LogP contribution in [-0.2, 0) is 11.3 Å². The summed E-state index contributed by atoms with van der Waals surface area (Å²) in [5, 5.41) is 0. The molecule has 4 heteroatoms. The van der Waals surface area contributed by atoms with Crippen molar-refractivity contribution >= 4 is 5.69 Å². The Hall–Kier alpha value is -1.13. The summed E-state index contributed by atoms with van der Waals surface area (Å²) >= 11 is 0. The van der Waals surface area contributed by atoms with Crippen LogP contribution >= 0.6 is 0 Å². The number of morpholine rings is 1. The van der Waals surface area contributed by atoms with Crippen LogP contribution < -0.4 is 10.6 Å². The Balaban J connectivity index is 2.10. The normalized spacial score (nSPS) is 25.8. The van der Waals surface area contributed by atoms with Crippen molar-refractivity contribution in [2.45, 2.75) is 32.6 Å². The molecule has 2 rings (SSSR count). The quantitative estimate of drug-likeness (QED) is 0.814. The standard InChI is InChI=1S/C12H19N3O/c1-9-7-15(8-10(2)16-9)12-4-3-11(5-13)14-6-12/h3-4,6,9-10H,5,7-8,13H2,1-2H3/t9-,10+. The summed E-state index contributed by atoms with van der Waals surface area (Å²) in [5.74, 6) is 0. The van der Waals surface area contributed by atoms with Gasteiger partial charge in [-0.25, -0.2) is 0 Å². The molecule has 0 radical (unpaired) electrons. The molecule has 1 aliphatic rings. The van der Waals surface area contributed by atoms with Crippen LogP contribution in [0.25, 0.3) is 0 Å². The van der Waals surface area contributed by atoms with Crippen molar-refractivity contribution in [3.63, 3.8) is 0 Å². The van der Waals surface area contributed by atoms with Crippen LogP contribution in [0.4, 0.5) is 5.69 Å². The zero-order valence-corrected chi connectivity index (χ0v) is 9.89. The second kappa shape index (κ2) is 4.80. The van der Waals surface area contributed by atoms with Crippen molar-refractivity contribution in [3.05, 3.63) is 24.0 Å². The lowest BCUT2D eigenvalue weighted by atomic mass is 10.2. The molecule has 4 nitrogen and oxygen atoms in total. The highest BCUT2D eigenvalue weighted by Gasteiger charge is 2.22. The fourth-order valence-electron chi connectivity index (χ4n) is 2.11. The van der Waals surface area contributed by atoms with Crippen LogP contribution in [0.3, 0.4) is 0 Å². The lowest BCUT2D eigenvalue weighted by Gasteiger charge is -2.36. The molecule has 1 fully saturated rings. The van der Waals surface area contributed by atoms with Crippen LogP contribution in [0.2, 0.25) is 0 Å². The minimum atomic E-state index is 0.276. The Labute approximate surface area is 96.4 Å². The number of hydrogen-bond donors (Lipinski definition) is 1. The third-order valence-corrected chi connectivity index (χ3v) is 2.80. The van der Waals surface area contributed by atoms with Gasteiger partial charge in [0.25, 0.3) is 0 Å². The first kappa shape index (κ1) is 11.4. The average molecular weight is 221 g/mol. The van der Waals surface area contributed by atoms with Gasteiger partial charge in [0.1, 0.15) is 0 Å². The van der Waals surface area contributed by atoms with Gasteiger partial charge in [-0.3, -0.25) is 4.98 Å². The first-order valence-corrected chi connectivity index (χ1v) is 5.74. The van der Waals surface area contributed by atoms with Crippen LogP contribution in [0.1, 0.15) is 19.5 Å². The second-order valence-electron chi connectivity index (χ2n) is 4.37. The molecule has 0 saturated carbocycles. The Morgan fingerprint density at radius 3 is 2.56 bits per heavy atom. The largest absolute Gasteiger partial charge is 0.372 e. The van der Waals surface area contributed by atoms with E-state index in [1.54, 1.807) is 0 Å². The van der Waals surface area contributed by atoms with E-state index in [1.807, 2.05) is 12.3 Å². The molecule has 0 bridgehead atoms. The maximum atomic E-state index is 5.70. The van der Waals surface area contributed by atoms with Crippen molar-refractivity contribution in [2.75, 3.05) is 18.0 Å². The summed E-state index contributed by atoms with van der Waals surface area (Å²) < 4.78 is 5.70. The van der Waals surface area contributed by atoms with E-state index in [0.717, 1.165) is 24.5 Å². The molecule has 0 spiro atoms. The molecule has 2 N–H and O–H groups in total. The summed E-state index contributed by atoms with van der Waals surface area (Å²) in [5.41, 5.74) is 7.61. The van der Waals surface area contributed by atoms with Gasteiger partial charge in [0.05, 0.1) is 29.8 Å². The van der Waals surface area contributed by atoms with E-state index in [-0.39, 0.29) is 12.2 Å². The van der Waals surface area contributed by atoms with Gasteiger partial charge in [-0.2, -0.15) is 0 Å². The molecule has 1 saturated heterocycles. The molecule has 1 aromatic rings. The monoisotopic (exact) mass is 221 g/mol. The number of hydrogen-bond acceptors (Lipinski definition) is 4. The van der Waals surface area contributed by atoms with Gasteiger partial charge in [-0.1, -0.05) is 0 Å². The molecular weight excluding hydrogens is 202 g/mol. The fourth-order valence-corrected chi connectivity index (χ4v) is 2.11. The van der Waals surface area contributed by atoms with E-state index in [9.17, 15) is 0 Å². The predicted octanol–water partition coefficient (Wildman–Crippen LogP) is 1.15. The molecule has 0 aliphatic carbocycles. The minimum Gasteiger partial charge on any atom is -0.372 e. The number of nitrogens with zero attached hydrogens (tertiary/aromatic N) is 2. The number of ether oxygens (including phenoxy) is 1. The van der Waals surface area contributed by atoms with Gasteiger partial charge in [-0.05, 0) is 26.0 Å². The zero-order chi connectivity index (χ0) is 11.5. The lowest BCUT2D eigenvalue weighted by molar-refractivity contribution is -0.00523. The minimum absolute atomic E-state index is 0.276. The average Bonchev–Trinajstić information content (AvgIpc) is 2.28. The molecule has 0 amide bonds. The maximum Gasteiger partial charge on any atom is 0.0726 e. The first-order valence-electron chi connectivity index (χ1n) is 5.74. The maximum absolute atomic E-state index is 5.70. The number of rotatable bonds is 2. The number of anilines is 1. The summed E-state index contributed by atoms with van der Waals surface area (Å²) in [6.45, 7) is 6.55. The van der Waals surface area contributed by atoms with Crippen molar-refractivity contribution in [1.29, 1.82) is 0 Å². The molecule has 2 heterocycles. The van der Waals surface area contributed by atoms with Crippen LogP contribution in [0.5, 0.6) is 0 Å². The van der Waals surface area contributed by atoms with Gasteiger partial charge in [0.2, 0.25) is 0 Å². The van der Waals surface area contributed by atoms with Gasteiger partial charge in [-0.15, -0.1) is 0 Å². The molecule has 16 heavy (non-hydrogen) atoms. The van der Waals surface area contributed by atoms with E-state index in [1.165, 1.54) is 0 Å². The lowest BCUT2D eigenvalue weighted by Crippen LogP contribution is -2.45. The van der Waals surface area contributed by atoms with E-state index in [0.29, 0.717) is 6.54 Å². The van der Waals surface area contributed by atoms with Crippen molar-refractivity contribution in [2.24, 2.45) is 5.73 Å². The topological polar surface area (TPSA) is 51.4 Å². The third kappa shape index (κ3) is 2.51. The van der Waals surface area contributed by atoms with Gasteiger partial charge in [0.15, 0.2) is 0 Å². The highest BCUT2D eigenvalue weighted by molar-refractivity contribution is 5.45. The second-order valence-corrected chi connectivity index (χ2v) is 4.37. The molecule has 0 aromatic carbocycles. The van der Waals surface area contributed by atoms with Crippen LogP contribution in [0, 0.1) is 0 Å². The summed E-state index contributed by atoms with van der Waals surface area (Å²) in [7, 11) is 0. The van der Waals surface area contributed by atoms with Crippen molar-refractivity contribution in [3.8, 4) is 0 Å². The van der Waals surface area contributed by atoms with E-state index in [4.69, 9.17) is 10.5 Å². The van der Waals surface area contributed by atoms with Gasteiger partial charge >= 0.3 is 0 Å². The Bertz CT molecular complexity index is 329. The third-order valence-electron chi connectivity index (χ3n) is 2.80. The molecular formula is C12H19N3O. The summed E-state index contributed by atoms with van der Waals surface area (Å²) in [4.78, 5) is 6.63. The number of nitrogens with two attached hydrogens (primary N) is 1. The number of aromatic nitrogens is 1. The first-order chi connectivity index (χ1) is 7.69. The number of pyridine rings is 1. The van der Waals surface area contributed by atoms with E-state index >= 15 is 0 Å². The predicted molar refractivity (Wildman–Crippen MR) is 64.4 cm³/mol. The molecule has 1 aliphatic heterocycles. The zero-order valence-electron chi connectivity index (χ0n) is 9.89. The summed E-state index contributed by atoms with van der Waals surface area (Å²) in [6.07, 6.45) is 2.45. The Morgan fingerprint density at radius 2 is 2.06 bits per heavy atom. The molecule has 2 atom stereocenters. The van der Waals surface area contributed by atoms with Gasteiger partial charge < -0.3 is 15.4 Å². The highest BCUT2D eigenvalue weighted by Crippen LogP contribution is 2.19. The van der Waals surface area contributed by atoms with Gasteiger partial charge in [0, 0.05) is 19.6 Å². The SMILES string of the molecule is C[C@@H]1CN(c2ccc(CN)nc2)C[C@H](C)O1. The molecule has 1 aromatic heterocycles. The fraction of sp³-hybridized carbons (Fsp3) is 0.583.